The summed E-state index contributed by atoms with van der Waals surface area (Å²) in [5.74, 6) is 2.19. The Kier molecular flexibility index (Phi) is 7.44. The number of nitrogens with zero attached hydrogens (tertiary/aromatic N) is 3. The summed E-state index contributed by atoms with van der Waals surface area (Å²) in [6, 6.07) is 4.05. The molecule has 174 valence electrons. The van der Waals surface area contributed by atoms with E-state index < -0.39 is 0 Å². The van der Waals surface area contributed by atoms with Gasteiger partial charge in [-0.2, -0.15) is 11.8 Å². The molecule has 3 fully saturated rings. The van der Waals surface area contributed by atoms with Gasteiger partial charge in [-0.25, -0.2) is 14.4 Å². The maximum absolute atomic E-state index is 14.8. The van der Waals surface area contributed by atoms with E-state index >= 15 is 0 Å². The molecule has 1 aromatic heterocycles. The van der Waals surface area contributed by atoms with Gasteiger partial charge in [0.05, 0.1) is 28.7 Å². The molecule has 6 nitrogen and oxygen atoms in total. The molecule has 3 aliphatic rings. The summed E-state index contributed by atoms with van der Waals surface area (Å²) < 4.78 is 26.1. The SMILES string of the molecule is Fc1cc(OCC2CCOCC2)cc2nc(CSC3CCN(C4CNC4)CC3)nc(P)c12. The lowest BCUT2D eigenvalue weighted by Gasteiger charge is -2.42. The number of halogens is 1. The largest absolute Gasteiger partial charge is 0.493 e. The van der Waals surface area contributed by atoms with Crippen LogP contribution in [-0.2, 0) is 10.5 Å². The van der Waals surface area contributed by atoms with E-state index in [-0.39, 0.29) is 5.82 Å². The van der Waals surface area contributed by atoms with E-state index in [1.165, 1.54) is 32.0 Å². The summed E-state index contributed by atoms with van der Waals surface area (Å²) in [6.07, 6.45) is 4.40. The van der Waals surface area contributed by atoms with Gasteiger partial charge in [0.15, 0.2) is 0 Å². The summed E-state index contributed by atoms with van der Waals surface area (Å²) >= 11 is 1.93. The molecule has 1 aromatic carbocycles. The Morgan fingerprint density at radius 2 is 1.94 bits per heavy atom. The van der Waals surface area contributed by atoms with Crippen LogP contribution in [0, 0.1) is 11.7 Å². The Morgan fingerprint density at radius 1 is 1.16 bits per heavy atom. The first-order chi connectivity index (χ1) is 15.7. The van der Waals surface area contributed by atoms with Gasteiger partial charge >= 0.3 is 0 Å². The molecular weight excluding hydrogens is 446 g/mol. The van der Waals surface area contributed by atoms with E-state index in [9.17, 15) is 4.39 Å². The second-order valence-corrected chi connectivity index (χ2v) is 10.9. The molecule has 1 unspecified atom stereocenters. The summed E-state index contributed by atoms with van der Waals surface area (Å²) in [5.41, 5.74) is 1.24. The third-order valence-electron chi connectivity index (χ3n) is 6.83. The fourth-order valence-electron chi connectivity index (χ4n) is 4.68. The first-order valence-electron chi connectivity index (χ1n) is 11.7. The number of rotatable bonds is 7. The summed E-state index contributed by atoms with van der Waals surface area (Å²) in [7, 11) is 2.58. The Hall–Kier alpha value is -1.05. The molecule has 32 heavy (non-hydrogen) atoms. The zero-order valence-corrected chi connectivity index (χ0v) is 20.4. The molecule has 2 aromatic rings. The number of fused-ring (bicyclic) bond motifs is 1. The highest BCUT2D eigenvalue weighted by atomic mass is 32.2. The molecule has 0 radical (unpaired) electrons. The van der Waals surface area contributed by atoms with Crippen molar-refractivity contribution < 1.29 is 13.9 Å². The molecular formula is C23H32FN4O2PS. The van der Waals surface area contributed by atoms with Crippen LogP contribution in [0.1, 0.15) is 31.5 Å². The summed E-state index contributed by atoms with van der Waals surface area (Å²) in [4.78, 5) is 11.9. The lowest BCUT2D eigenvalue weighted by molar-refractivity contribution is 0.0497. The second kappa shape index (κ2) is 10.5. The highest BCUT2D eigenvalue weighted by molar-refractivity contribution is 7.99. The van der Waals surface area contributed by atoms with Crippen LogP contribution in [-0.4, -0.2) is 72.2 Å². The molecule has 0 aliphatic carbocycles. The standard InChI is InChI=1S/C23H32FN4O2PS/c24-19-9-17(30-13-15-3-7-29-8-4-15)10-20-22(19)23(31)27-21(26-20)14-32-18-1-5-28(6-2-18)16-11-25-12-16/h9-10,15-16,18,25H,1-8,11-14,31H2. The van der Waals surface area contributed by atoms with Crippen molar-refractivity contribution >= 4 is 37.3 Å². The minimum absolute atomic E-state index is 0.327. The van der Waals surface area contributed by atoms with Crippen molar-refractivity contribution in [3.8, 4) is 5.75 Å². The first kappa shape index (κ1) is 22.7. The van der Waals surface area contributed by atoms with Crippen LogP contribution < -0.4 is 15.5 Å². The van der Waals surface area contributed by atoms with Crippen molar-refractivity contribution in [2.45, 2.75) is 42.7 Å². The average Bonchev–Trinajstić information content (AvgIpc) is 2.76. The lowest BCUT2D eigenvalue weighted by Crippen LogP contribution is -2.58. The number of thioether (sulfide) groups is 1. The molecule has 1 atom stereocenters. The van der Waals surface area contributed by atoms with E-state index in [2.05, 4.69) is 24.4 Å². The van der Waals surface area contributed by atoms with Crippen LogP contribution in [0.3, 0.4) is 0 Å². The number of benzene rings is 1. The van der Waals surface area contributed by atoms with E-state index in [1.54, 1.807) is 0 Å². The van der Waals surface area contributed by atoms with Crippen LogP contribution in [0.15, 0.2) is 12.1 Å². The minimum atomic E-state index is -0.327. The smallest absolute Gasteiger partial charge is 0.139 e. The van der Waals surface area contributed by atoms with Crippen molar-refractivity contribution in [3.63, 3.8) is 0 Å². The van der Waals surface area contributed by atoms with E-state index in [0.29, 0.717) is 39.9 Å². The van der Waals surface area contributed by atoms with E-state index in [4.69, 9.17) is 14.5 Å². The fraction of sp³-hybridized carbons (Fsp3) is 0.652. The number of ether oxygens (including phenoxy) is 2. The molecule has 9 heteroatoms. The second-order valence-electron chi connectivity index (χ2n) is 9.05. The Labute approximate surface area is 195 Å². The average molecular weight is 479 g/mol. The van der Waals surface area contributed by atoms with Crippen molar-refractivity contribution in [2.75, 3.05) is 46.0 Å². The Morgan fingerprint density at radius 3 is 2.66 bits per heavy atom. The van der Waals surface area contributed by atoms with Gasteiger partial charge < -0.3 is 14.8 Å². The van der Waals surface area contributed by atoms with Crippen molar-refractivity contribution in [3.05, 3.63) is 23.8 Å². The van der Waals surface area contributed by atoms with Crippen molar-refractivity contribution in [1.82, 2.24) is 20.2 Å². The number of likely N-dealkylation sites (tertiary alicyclic amines) is 1. The molecule has 5 rings (SSSR count). The molecule has 3 saturated heterocycles. The Bertz CT molecular complexity index is 934. The highest BCUT2D eigenvalue weighted by Crippen LogP contribution is 2.29. The first-order valence-corrected chi connectivity index (χ1v) is 13.3. The van der Waals surface area contributed by atoms with Gasteiger partial charge in [-0.15, -0.1) is 0 Å². The van der Waals surface area contributed by atoms with Gasteiger partial charge in [0, 0.05) is 49.7 Å². The van der Waals surface area contributed by atoms with Crippen LogP contribution in [0.4, 0.5) is 4.39 Å². The van der Waals surface area contributed by atoms with Crippen LogP contribution in [0.2, 0.25) is 0 Å². The van der Waals surface area contributed by atoms with Gasteiger partial charge in [0.2, 0.25) is 0 Å². The van der Waals surface area contributed by atoms with Gasteiger partial charge in [-0.1, -0.05) is 9.24 Å². The number of piperidine rings is 1. The molecule has 0 spiro atoms. The number of hydrogen-bond donors (Lipinski definition) is 1. The predicted octanol–water partition coefficient (Wildman–Crippen LogP) is 2.74. The van der Waals surface area contributed by atoms with Crippen molar-refractivity contribution in [1.29, 1.82) is 0 Å². The molecule has 1 N–H and O–H groups in total. The lowest BCUT2D eigenvalue weighted by atomic mass is 10.0. The third kappa shape index (κ3) is 5.36. The minimum Gasteiger partial charge on any atom is -0.493 e. The zero-order valence-electron chi connectivity index (χ0n) is 18.4. The van der Waals surface area contributed by atoms with Gasteiger partial charge in [-0.05, 0) is 44.7 Å². The van der Waals surface area contributed by atoms with Crippen LogP contribution in [0.25, 0.3) is 10.9 Å². The van der Waals surface area contributed by atoms with Crippen LogP contribution in [0.5, 0.6) is 5.75 Å². The third-order valence-corrected chi connectivity index (χ3v) is 8.61. The monoisotopic (exact) mass is 478 g/mol. The van der Waals surface area contributed by atoms with E-state index in [1.807, 2.05) is 17.8 Å². The molecule has 0 bridgehead atoms. The van der Waals surface area contributed by atoms with Gasteiger partial charge in [0.25, 0.3) is 0 Å². The van der Waals surface area contributed by atoms with E-state index in [0.717, 1.165) is 56.8 Å². The van der Waals surface area contributed by atoms with Gasteiger partial charge in [-0.3, -0.25) is 4.90 Å². The summed E-state index contributed by atoms with van der Waals surface area (Å²) in [5, 5.41) is 4.46. The maximum Gasteiger partial charge on any atom is 0.139 e. The number of aromatic nitrogens is 2. The van der Waals surface area contributed by atoms with Crippen LogP contribution >= 0.6 is 21.0 Å². The molecule has 3 aliphatic heterocycles. The topological polar surface area (TPSA) is 59.5 Å². The maximum atomic E-state index is 14.8. The van der Waals surface area contributed by atoms with Gasteiger partial charge in [0.1, 0.15) is 17.4 Å². The summed E-state index contributed by atoms with van der Waals surface area (Å²) in [6.45, 7) is 6.77. The highest BCUT2D eigenvalue weighted by Gasteiger charge is 2.28. The quantitative estimate of drug-likeness (QED) is 0.614. The number of hydrogen-bond acceptors (Lipinski definition) is 7. The Balaban J connectivity index is 1.21. The predicted molar refractivity (Wildman–Crippen MR) is 130 cm³/mol. The normalized spacial score (nSPS) is 21.7. The molecule has 4 heterocycles. The zero-order chi connectivity index (χ0) is 21.9. The number of nitrogens with one attached hydrogen (secondary N) is 1. The van der Waals surface area contributed by atoms with Crippen molar-refractivity contribution in [2.24, 2.45) is 5.92 Å². The molecule has 0 saturated carbocycles. The molecule has 0 amide bonds. The fourth-order valence-corrected chi connectivity index (χ4v) is 6.17.